The lowest BCUT2D eigenvalue weighted by atomic mass is 10.2. The normalized spacial score (nSPS) is 9.00. The summed E-state index contributed by atoms with van der Waals surface area (Å²) >= 11 is 0. The Hall–Kier alpha value is -1.69. The van der Waals surface area contributed by atoms with Gasteiger partial charge in [-0.25, -0.2) is 0 Å². The second-order valence-corrected chi connectivity index (χ2v) is 2.42. The van der Waals surface area contributed by atoms with Crippen molar-refractivity contribution in [2.24, 2.45) is 0 Å². The number of aryl methyl sites for hydroxylation is 1. The maximum atomic E-state index is 11.2. The molecule has 1 heterocycles. The lowest BCUT2D eigenvalue weighted by molar-refractivity contribution is 0.0954. The van der Waals surface area contributed by atoms with Gasteiger partial charge in [0, 0.05) is 6.20 Å². The highest BCUT2D eigenvalue weighted by Crippen LogP contribution is 2.03. The third kappa shape index (κ3) is 1.67. The van der Waals surface area contributed by atoms with Gasteiger partial charge in [-0.2, -0.15) is 0 Å². The molecule has 0 atom stereocenters. The minimum absolute atomic E-state index is 0.157. The van der Waals surface area contributed by atoms with E-state index in [4.69, 9.17) is 6.42 Å². The fraction of sp³-hybridized carbons (Fsp3) is 0.222. The SMILES string of the molecule is C#CCNC(=O)c1[nH]ccc1C. The molecule has 0 radical (unpaired) electrons. The molecule has 12 heavy (non-hydrogen) atoms. The van der Waals surface area contributed by atoms with Gasteiger partial charge in [-0.05, 0) is 18.6 Å². The Morgan fingerprint density at radius 1 is 1.83 bits per heavy atom. The van der Waals surface area contributed by atoms with E-state index in [2.05, 4.69) is 16.2 Å². The van der Waals surface area contributed by atoms with Crippen LogP contribution in [0.25, 0.3) is 0 Å². The van der Waals surface area contributed by atoms with E-state index in [0.717, 1.165) is 5.56 Å². The number of hydrogen-bond donors (Lipinski definition) is 2. The van der Waals surface area contributed by atoms with Gasteiger partial charge in [-0.1, -0.05) is 5.92 Å². The average Bonchev–Trinajstić information content (AvgIpc) is 2.47. The monoisotopic (exact) mass is 162 g/mol. The van der Waals surface area contributed by atoms with Crippen molar-refractivity contribution in [3.05, 3.63) is 23.5 Å². The van der Waals surface area contributed by atoms with E-state index in [1.165, 1.54) is 0 Å². The fourth-order valence-corrected chi connectivity index (χ4v) is 0.911. The largest absolute Gasteiger partial charge is 0.357 e. The Kier molecular flexibility index (Phi) is 2.54. The highest BCUT2D eigenvalue weighted by Gasteiger charge is 2.07. The molecule has 1 aromatic rings. The molecular weight excluding hydrogens is 152 g/mol. The van der Waals surface area contributed by atoms with Gasteiger partial charge in [-0.15, -0.1) is 6.42 Å². The van der Waals surface area contributed by atoms with Crippen LogP contribution in [0.4, 0.5) is 0 Å². The summed E-state index contributed by atoms with van der Waals surface area (Å²) in [5.74, 6) is 2.18. The summed E-state index contributed by atoms with van der Waals surface area (Å²) in [5, 5.41) is 2.57. The van der Waals surface area contributed by atoms with Crippen LogP contribution in [0.5, 0.6) is 0 Å². The number of H-pyrrole nitrogens is 1. The van der Waals surface area contributed by atoms with Crippen molar-refractivity contribution in [2.45, 2.75) is 6.92 Å². The van der Waals surface area contributed by atoms with Gasteiger partial charge in [0.05, 0.1) is 6.54 Å². The zero-order valence-corrected chi connectivity index (χ0v) is 6.85. The zero-order valence-electron chi connectivity index (χ0n) is 6.85. The van der Waals surface area contributed by atoms with Crippen LogP contribution in [0.1, 0.15) is 16.1 Å². The Morgan fingerprint density at radius 2 is 2.58 bits per heavy atom. The number of aromatic nitrogens is 1. The molecule has 3 heteroatoms. The van der Waals surface area contributed by atoms with Crippen LogP contribution in [-0.4, -0.2) is 17.4 Å². The minimum atomic E-state index is -0.157. The number of nitrogens with one attached hydrogen (secondary N) is 2. The molecule has 0 saturated carbocycles. The first kappa shape index (κ1) is 8.41. The average molecular weight is 162 g/mol. The van der Waals surface area contributed by atoms with Gasteiger partial charge in [0.2, 0.25) is 0 Å². The number of aromatic amines is 1. The standard InChI is InChI=1S/C9H10N2O/c1-3-5-11-9(12)8-7(2)4-6-10-8/h1,4,6,10H,5H2,2H3,(H,11,12). The maximum absolute atomic E-state index is 11.2. The first-order valence-electron chi connectivity index (χ1n) is 3.61. The second kappa shape index (κ2) is 3.63. The lowest BCUT2D eigenvalue weighted by Crippen LogP contribution is -2.24. The van der Waals surface area contributed by atoms with Gasteiger partial charge in [0.25, 0.3) is 5.91 Å². The topological polar surface area (TPSA) is 44.9 Å². The van der Waals surface area contributed by atoms with Crippen molar-refractivity contribution in [2.75, 3.05) is 6.54 Å². The summed E-state index contributed by atoms with van der Waals surface area (Å²) in [4.78, 5) is 14.1. The van der Waals surface area contributed by atoms with Gasteiger partial charge >= 0.3 is 0 Å². The number of rotatable bonds is 2. The van der Waals surface area contributed by atoms with E-state index in [1.54, 1.807) is 6.20 Å². The van der Waals surface area contributed by atoms with E-state index in [-0.39, 0.29) is 12.5 Å². The van der Waals surface area contributed by atoms with Crippen LogP contribution in [0.2, 0.25) is 0 Å². The molecule has 3 nitrogen and oxygen atoms in total. The number of carbonyl (C=O) groups excluding carboxylic acids is 1. The molecular formula is C9H10N2O. The van der Waals surface area contributed by atoms with Crippen LogP contribution in [0, 0.1) is 19.3 Å². The predicted octanol–water partition coefficient (Wildman–Crippen LogP) is 0.686. The van der Waals surface area contributed by atoms with E-state index in [9.17, 15) is 4.79 Å². The first-order chi connectivity index (χ1) is 5.75. The first-order valence-corrected chi connectivity index (χ1v) is 3.61. The third-order valence-corrected chi connectivity index (χ3v) is 1.53. The zero-order chi connectivity index (χ0) is 8.97. The van der Waals surface area contributed by atoms with Crippen molar-refractivity contribution < 1.29 is 4.79 Å². The van der Waals surface area contributed by atoms with Gasteiger partial charge in [0.15, 0.2) is 0 Å². The molecule has 0 aliphatic carbocycles. The van der Waals surface area contributed by atoms with E-state index >= 15 is 0 Å². The van der Waals surface area contributed by atoms with Gasteiger partial charge in [-0.3, -0.25) is 4.79 Å². The number of amides is 1. The fourth-order valence-electron chi connectivity index (χ4n) is 0.911. The Bertz CT molecular complexity index is 320. The molecule has 0 aliphatic heterocycles. The lowest BCUT2D eigenvalue weighted by Gasteiger charge is -1.99. The smallest absolute Gasteiger partial charge is 0.268 e. The van der Waals surface area contributed by atoms with E-state index in [0.29, 0.717) is 5.69 Å². The Balaban J connectivity index is 2.67. The molecule has 2 N–H and O–H groups in total. The van der Waals surface area contributed by atoms with E-state index in [1.807, 2.05) is 13.0 Å². The van der Waals surface area contributed by atoms with Crippen molar-refractivity contribution in [1.29, 1.82) is 0 Å². The Morgan fingerprint density at radius 3 is 3.08 bits per heavy atom. The minimum Gasteiger partial charge on any atom is -0.357 e. The molecule has 1 rings (SSSR count). The summed E-state index contributed by atoms with van der Waals surface area (Å²) in [5.41, 5.74) is 1.50. The molecule has 0 aliphatic rings. The molecule has 0 aromatic carbocycles. The van der Waals surface area contributed by atoms with Crippen LogP contribution in [0.15, 0.2) is 12.3 Å². The maximum Gasteiger partial charge on any atom is 0.268 e. The van der Waals surface area contributed by atoms with E-state index < -0.39 is 0 Å². The summed E-state index contributed by atoms with van der Waals surface area (Å²) in [6.07, 6.45) is 6.72. The van der Waals surface area contributed by atoms with Crippen LogP contribution in [0.3, 0.4) is 0 Å². The molecule has 0 saturated heterocycles. The highest BCUT2D eigenvalue weighted by molar-refractivity contribution is 5.93. The molecule has 1 amide bonds. The van der Waals surface area contributed by atoms with Gasteiger partial charge in [0.1, 0.15) is 5.69 Å². The van der Waals surface area contributed by atoms with Crippen LogP contribution >= 0.6 is 0 Å². The predicted molar refractivity (Wildman–Crippen MR) is 46.7 cm³/mol. The highest BCUT2D eigenvalue weighted by atomic mass is 16.1. The number of hydrogen-bond acceptors (Lipinski definition) is 1. The summed E-state index contributed by atoms with van der Waals surface area (Å²) < 4.78 is 0. The van der Waals surface area contributed by atoms with Gasteiger partial charge < -0.3 is 10.3 Å². The molecule has 0 bridgehead atoms. The molecule has 62 valence electrons. The quantitative estimate of drug-likeness (QED) is 0.617. The van der Waals surface area contributed by atoms with Crippen LogP contribution < -0.4 is 5.32 Å². The molecule has 1 aromatic heterocycles. The van der Waals surface area contributed by atoms with Crippen molar-refractivity contribution in [3.63, 3.8) is 0 Å². The summed E-state index contributed by atoms with van der Waals surface area (Å²) in [6, 6.07) is 1.84. The number of carbonyl (C=O) groups is 1. The molecule has 0 spiro atoms. The van der Waals surface area contributed by atoms with Crippen molar-refractivity contribution >= 4 is 5.91 Å². The third-order valence-electron chi connectivity index (χ3n) is 1.53. The Labute approximate surface area is 71.2 Å². The van der Waals surface area contributed by atoms with Crippen LogP contribution in [-0.2, 0) is 0 Å². The summed E-state index contributed by atoms with van der Waals surface area (Å²) in [7, 11) is 0. The summed E-state index contributed by atoms with van der Waals surface area (Å²) in [6.45, 7) is 2.12. The molecule has 0 fully saturated rings. The van der Waals surface area contributed by atoms with Crippen molar-refractivity contribution in [1.82, 2.24) is 10.3 Å². The number of terminal acetylenes is 1. The molecule has 0 unspecified atom stereocenters. The second-order valence-electron chi connectivity index (χ2n) is 2.42. The van der Waals surface area contributed by atoms with Crippen molar-refractivity contribution in [3.8, 4) is 12.3 Å².